The zero-order valence-corrected chi connectivity index (χ0v) is 13.8. The molecule has 0 amide bonds. The predicted octanol–water partition coefficient (Wildman–Crippen LogP) is 4.56. The lowest BCUT2D eigenvalue weighted by atomic mass is 9.73. The van der Waals surface area contributed by atoms with Crippen molar-refractivity contribution in [1.29, 1.82) is 0 Å². The van der Waals surface area contributed by atoms with Crippen molar-refractivity contribution in [2.75, 3.05) is 6.61 Å². The van der Waals surface area contributed by atoms with E-state index in [0.717, 1.165) is 36.8 Å². The van der Waals surface area contributed by atoms with Gasteiger partial charge in [0.2, 0.25) is 0 Å². The largest absolute Gasteiger partial charge is 0.389 e. The molecule has 1 aliphatic carbocycles. The fourth-order valence-corrected chi connectivity index (χ4v) is 3.64. The van der Waals surface area contributed by atoms with E-state index in [-0.39, 0.29) is 5.60 Å². The fraction of sp³-hybridized carbons (Fsp3) is 0.632. The van der Waals surface area contributed by atoms with Crippen LogP contribution in [0.3, 0.4) is 0 Å². The van der Waals surface area contributed by atoms with Crippen LogP contribution >= 0.6 is 0 Å². The van der Waals surface area contributed by atoms with Crippen molar-refractivity contribution in [1.82, 2.24) is 0 Å². The number of hydrogen-bond acceptors (Lipinski definition) is 3. The van der Waals surface area contributed by atoms with E-state index in [1.807, 2.05) is 18.2 Å². The molecule has 0 atom stereocenters. The highest BCUT2D eigenvalue weighted by molar-refractivity contribution is 5.87. The molecule has 1 saturated carbocycles. The van der Waals surface area contributed by atoms with Crippen LogP contribution in [0.25, 0.3) is 0 Å². The highest BCUT2D eigenvalue weighted by atomic mass is 16.7. The molecule has 3 rings (SSSR count). The Morgan fingerprint density at radius 3 is 2.59 bits per heavy atom. The molecule has 22 heavy (non-hydrogen) atoms. The van der Waals surface area contributed by atoms with Gasteiger partial charge in [-0.3, -0.25) is 0 Å². The lowest BCUT2D eigenvalue weighted by molar-refractivity contribution is -0.0578. The maximum absolute atomic E-state index is 5.83. The Labute approximate surface area is 133 Å². The Kier molecular flexibility index (Phi) is 4.82. The maximum atomic E-state index is 5.83. The Balaban J connectivity index is 1.42. The molecule has 0 aromatic heterocycles. The van der Waals surface area contributed by atoms with Crippen molar-refractivity contribution in [2.24, 2.45) is 17.0 Å². The second-order valence-corrected chi connectivity index (χ2v) is 7.17. The molecular formula is C19H27NO2. The van der Waals surface area contributed by atoms with Gasteiger partial charge in [0.05, 0.1) is 18.9 Å². The first-order chi connectivity index (χ1) is 10.7. The summed E-state index contributed by atoms with van der Waals surface area (Å²) in [4.78, 5) is 5.83. The number of ether oxygens (including phenoxy) is 1. The standard InChI is InChI=1S/C19H27NO2/c1-15(2)17-8-10-19(11-9-17)12-18(20-22-19)14-21-13-16-6-4-3-5-7-16/h3-7,15,17H,8-14H2,1-2H3. The summed E-state index contributed by atoms with van der Waals surface area (Å²) in [6.45, 7) is 5.89. The van der Waals surface area contributed by atoms with E-state index in [4.69, 9.17) is 9.57 Å². The summed E-state index contributed by atoms with van der Waals surface area (Å²) in [5.41, 5.74) is 2.25. The van der Waals surface area contributed by atoms with Crippen molar-refractivity contribution in [3.63, 3.8) is 0 Å². The minimum atomic E-state index is -0.0170. The third-order valence-electron chi connectivity index (χ3n) is 5.16. The number of hydrogen-bond donors (Lipinski definition) is 0. The number of benzene rings is 1. The molecule has 1 aliphatic heterocycles. The number of rotatable bonds is 5. The summed E-state index contributed by atoms with van der Waals surface area (Å²) < 4.78 is 5.79. The highest BCUT2D eigenvalue weighted by Gasteiger charge is 2.42. The third kappa shape index (κ3) is 3.70. The molecule has 1 heterocycles. The van der Waals surface area contributed by atoms with Gasteiger partial charge in [0.1, 0.15) is 5.60 Å². The minimum Gasteiger partial charge on any atom is -0.389 e. The SMILES string of the molecule is CC(C)C1CCC2(CC1)CC(COCc1ccccc1)=NO2. The Bertz CT molecular complexity index is 501. The van der Waals surface area contributed by atoms with E-state index < -0.39 is 0 Å². The third-order valence-corrected chi connectivity index (χ3v) is 5.16. The molecule has 0 N–H and O–H groups in total. The van der Waals surface area contributed by atoms with Crippen LogP contribution in [-0.2, 0) is 16.2 Å². The van der Waals surface area contributed by atoms with Gasteiger partial charge in [-0.05, 0) is 43.1 Å². The van der Waals surface area contributed by atoms with Crippen molar-refractivity contribution >= 4 is 5.71 Å². The molecule has 1 fully saturated rings. The van der Waals surface area contributed by atoms with Crippen LogP contribution in [0.4, 0.5) is 0 Å². The number of oxime groups is 1. The summed E-state index contributed by atoms with van der Waals surface area (Å²) in [5.74, 6) is 1.64. The summed E-state index contributed by atoms with van der Waals surface area (Å²) in [5, 5.41) is 4.31. The van der Waals surface area contributed by atoms with Gasteiger partial charge >= 0.3 is 0 Å². The molecule has 1 aromatic rings. The molecule has 3 nitrogen and oxygen atoms in total. The van der Waals surface area contributed by atoms with Crippen LogP contribution in [0, 0.1) is 11.8 Å². The van der Waals surface area contributed by atoms with Crippen LogP contribution in [0.2, 0.25) is 0 Å². The average Bonchev–Trinajstić information content (AvgIpc) is 2.92. The number of nitrogens with zero attached hydrogens (tertiary/aromatic N) is 1. The zero-order valence-electron chi connectivity index (χ0n) is 13.8. The summed E-state index contributed by atoms with van der Waals surface area (Å²) in [6, 6.07) is 10.3. The van der Waals surface area contributed by atoms with Crippen LogP contribution in [0.5, 0.6) is 0 Å². The van der Waals surface area contributed by atoms with Gasteiger partial charge in [-0.25, -0.2) is 0 Å². The topological polar surface area (TPSA) is 30.8 Å². The van der Waals surface area contributed by atoms with E-state index in [0.29, 0.717) is 13.2 Å². The summed E-state index contributed by atoms with van der Waals surface area (Å²) in [7, 11) is 0. The molecular weight excluding hydrogens is 274 g/mol. The lowest BCUT2D eigenvalue weighted by Gasteiger charge is -2.36. The average molecular weight is 301 g/mol. The van der Waals surface area contributed by atoms with Gasteiger partial charge in [0.25, 0.3) is 0 Å². The molecule has 3 heteroatoms. The molecule has 0 bridgehead atoms. The summed E-state index contributed by atoms with van der Waals surface area (Å²) >= 11 is 0. The second-order valence-electron chi connectivity index (χ2n) is 7.17. The Hall–Kier alpha value is -1.35. The van der Waals surface area contributed by atoms with Gasteiger partial charge < -0.3 is 9.57 Å². The lowest BCUT2D eigenvalue weighted by Crippen LogP contribution is -2.35. The van der Waals surface area contributed by atoms with E-state index >= 15 is 0 Å². The fourth-order valence-electron chi connectivity index (χ4n) is 3.64. The van der Waals surface area contributed by atoms with Crippen LogP contribution in [0.15, 0.2) is 35.5 Å². The predicted molar refractivity (Wildman–Crippen MR) is 88.8 cm³/mol. The van der Waals surface area contributed by atoms with Crippen molar-refractivity contribution < 1.29 is 9.57 Å². The van der Waals surface area contributed by atoms with Gasteiger partial charge in [-0.2, -0.15) is 0 Å². The first kappa shape index (κ1) is 15.5. The summed E-state index contributed by atoms with van der Waals surface area (Å²) in [6.07, 6.45) is 5.77. The Morgan fingerprint density at radius 2 is 1.91 bits per heavy atom. The first-order valence-electron chi connectivity index (χ1n) is 8.52. The van der Waals surface area contributed by atoms with Crippen molar-refractivity contribution in [2.45, 2.75) is 58.2 Å². The second kappa shape index (κ2) is 6.82. The first-order valence-corrected chi connectivity index (χ1v) is 8.52. The normalized spacial score (nSPS) is 28.0. The van der Waals surface area contributed by atoms with Crippen molar-refractivity contribution in [3.8, 4) is 0 Å². The van der Waals surface area contributed by atoms with E-state index in [1.54, 1.807) is 0 Å². The van der Waals surface area contributed by atoms with Crippen molar-refractivity contribution in [3.05, 3.63) is 35.9 Å². The molecule has 1 spiro atoms. The maximum Gasteiger partial charge on any atom is 0.143 e. The zero-order chi connectivity index (χ0) is 15.4. The van der Waals surface area contributed by atoms with Crippen LogP contribution in [-0.4, -0.2) is 17.9 Å². The highest BCUT2D eigenvalue weighted by Crippen LogP contribution is 2.42. The molecule has 0 radical (unpaired) electrons. The molecule has 0 saturated heterocycles. The van der Waals surface area contributed by atoms with E-state index in [2.05, 4.69) is 31.1 Å². The Morgan fingerprint density at radius 1 is 1.18 bits per heavy atom. The molecule has 120 valence electrons. The van der Waals surface area contributed by atoms with Gasteiger partial charge in [0.15, 0.2) is 0 Å². The van der Waals surface area contributed by atoms with E-state index in [9.17, 15) is 0 Å². The quantitative estimate of drug-likeness (QED) is 0.798. The molecule has 1 aromatic carbocycles. The van der Waals surface area contributed by atoms with E-state index in [1.165, 1.54) is 18.4 Å². The van der Waals surface area contributed by atoms with Crippen LogP contribution in [0.1, 0.15) is 51.5 Å². The van der Waals surface area contributed by atoms with Gasteiger partial charge in [-0.15, -0.1) is 0 Å². The van der Waals surface area contributed by atoms with Gasteiger partial charge in [-0.1, -0.05) is 49.3 Å². The minimum absolute atomic E-state index is 0.0170. The smallest absolute Gasteiger partial charge is 0.143 e. The molecule has 0 unspecified atom stereocenters. The van der Waals surface area contributed by atoms with Crippen LogP contribution < -0.4 is 0 Å². The monoisotopic (exact) mass is 301 g/mol. The van der Waals surface area contributed by atoms with Gasteiger partial charge in [0, 0.05) is 6.42 Å². The molecule has 2 aliphatic rings.